The molecule has 8 heteroatoms. The van der Waals surface area contributed by atoms with Gasteiger partial charge in [0.1, 0.15) is 0 Å². The van der Waals surface area contributed by atoms with Crippen LogP contribution in [0.3, 0.4) is 0 Å². The third-order valence-corrected chi connectivity index (χ3v) is 4.60. The molecule has 0 fully saturated rings. The van der Waals surface area contributed by atoms with Gasteiger partial charge in [0.15, 0.2) is 0 Å². The average Bonchev–Trinajstić information content (AvgIpc) is 2.59. The molecule has 1 heterocycles. The van der Waals surface area contributed by atoms with Crippen molar-refractivity contribution in [3.05, 3.63) is 64.2 Å². The molecule has 3 rings (SSSR count). The summed E-state index contributed by atoms with van der Waals surface area (Å²) in [4.78, 5) is 1.59. The molecule has 0 spiro atoms. The first kappa shape index (κ1) is 19.5. The van der Waals surface area contributed by atoms with E-state index >= 15 is 0 Å². The van der Waals surface area contributed by atoms with E-state index in [1.54, 1.807) is 11.9 Å². The Labute approximate surface area is 152 Å². The number of nitrogens with zero attached hydrogens (tertiary/aromatic N) is 2. The molecule has 0 bridgehead atoms. The normalized spacial score (nSPS) is 14.8. The summed E-state index contributed by atoms with van der Waals surface area (Å²) in [5, 5.41) is 4.31. The summed E-state index contributed by atoms with van der Waals surface area (Å²) in [5.41, 5.74) is 0.0924. The molecule has 0 unspecified atom stereocenters. The Morgan fingerprint density at radius 3 is 2.33 bits per heavy atom. The highest BCUT2D eigenvalue weighted by Gasteiger charge is 2.38. The fourth-order valence-electron chi connectivity index (χ4n) is 3.14. The summed E-state index contributed by atoms with van der Waals surface area (Å²) >= 11 is 0. The van der Waals surface area contributed by atoms with Crippen molar-refractivity contribution in [2.75, 3.05) is 18.5 Å². The number of rotatable bonds is 3. The lowest BCUT2D eigenvalue weighted by Crippen LogP contribution is -2.22. The summed E-state index contributed by atoms with van der Waals surface area (Å²) in [6.45, 7) is 1.15. The van der Waals surface area contributed by atoms with Crippen LogP contribution in [0.4, 0.5) is 32.0 Å². The van der Waals surface area contributed by atoms with Crippen molar-refractivity contribution in [1.82, 2.24) is 5.32 Å². The van der Waals surface area contributed by atoms with E-state index in [-0.39, 0.29) is 18.2 Å². The highest BCUT2D eigenvalue weighted by atomic mass is 19.4. The fraction of sp³-hybridized carbons (Fsp3) is 0.368. The van der Waals surface area contributed by atoms with Crippen molar-refractivity contribution in [3.8, 4) is 0 Å². The second-order valence-electron chi connectivity index (χ2n) is 6.53. The van der Waals surface area contributed by atoms with E-state index in [1.807, 2.05) is 18.2 Å². The summed E-state index contributed by atoms with van der Waals surface area (Å²) < 4.78 is 78.3. The Morgan fingerprint density at radius 2 is 1.67 bits per heavy atom. The minimum Gasteiger partial charge on any atom is -0.370 e. The van der Waals surface area contributed by atoms with Crippen LogP contribution in [0.2, 0.25) is 0 Å². The molecule has 0 N–H and O–H groups in total. The van der Waals surface area contributed by atoms with E-state index in [9.17, 15) is 26.3 Å². The monoisotopic (exact) mass is 387 g/mol. The van der Waals surface area contributed by atoms with Gasteiger partial charge in [-0.3, -0.25) is 0 Å². The van der Waals surface area contributed by atoms with Gasteiger partial charge in [0.05, 0.1) is 11.1 Å². The summed E-state index contributed by atoms with van der Waals surface area (Å²) in [6.07, 6.45) is -8.87. The fourth-order valence-corrected chi connectivity index (χ4v) is 3.14. The Morgan fingerprint density at radius 1 is 0.926 bits per heavy atom. The van der Waals surface area contributed by atoms with Gasteiger partial charge in [-0.25, -0.2) is 5.32 Å². The Balaban J connectivity index is 1.90. The lowest BCUT2D eigenvalue weighted by atomic mass is 9.99. The van der Waals surface area contributed by atoms with Crippen molar-refractivity contribution >= 4 is 5.69 Å². The lowest BCUT2D eigenvalue weighted by Gasteiger charge is -2.25. The maximum absolute atomic E-state index is 13.3. The molecule has 2 aromatic rings. The maximum Gasteiger partial charge on any atom is 0.416 e. The molecular weight excluding hydrogens is 370 g/mol. The van der Waals surface area contributed by atoms with Crippen LogP contribution in [0.1, 0.15) is 27.8 Å². The quantitative estimate of drug-likeness (QED) is 0.676. The first-order chi connectivity index (χ1) is 12.6. The zero-order valence-electron chi connectivity index (χ0n) is 14.5. The van der Waals surface area contributed by atoms with E-state index in [2.05, 4.69) is 5.32 Å². The van der Waals surface area contributed by atoms with Gasteiger partial charge in [-0.05, 0) is 47.4 Å². The Kier molecular flexibility index (Phi) is 5.12. The molecule has 2 nitrogen and oxygen atoms in total. The van der Waals surface area contributed by atoms with E-state index in [1.165, 1.54) is 0 Å². The zero-order valence-corrected chi connectivity index (χ0v) is 14.5. The van der Waals surface area contributed by atoms with E-state index in [0.29, 0.717) is 18.3 Å². The molecule has 1 radical (unpaired) electrons. The van der Waals surface area contributed by atoms with Crippen LogP contribution in [-0.2, 0) is 31.9 Å². The van der Waals surface area contributed by atoms with Crippen LogP contribution in [0.15, 0.2) is 36.4 Å². The Bertz CT molecular complexity index is 826. The van der Waals surface area contributed by atoms with Crippen LogP contribution < -0.4 is 10.2 Å². The number of alkyl halides is 6. The smallest absolute Gasteiger partial charge is 0.370 e. The standard InChI is InChI=1S/C19H17F6N2/c1-27(16-5-3-12-6-7-26-10-14(12)8-16)11-13-2-4-15(18(20,21)22)9-17(13)19(23,24)25/h2-5,8-9H,6-7,10-11H2,1H3. The number of halogens is 6. The highest BCUT2D eigenvalue weighted by Crippen LogP contribution is 2.38. The minimum atomic E-state index is -4.87. The molecule has 0 amide bonds. The van der Waals surface area contributed by atoms with Gasteiger partial charge in [-0.1, -0.05) is 12.1 Å². The van der Waals surface area contributed by atoms with E-state index in [0.717, 1.165) is 30.2 Å². The topological polar surface area (TPSA) is 17.3 Å². The molecule has 0 atom stereocenters. The van der Waals surface area contributed by atoms with E-state index in [4.69, 9.17) is 0 Å². The summed E-state index contributed by atoms with van der Waals surface area (Å²) in [5.74, 6) is 0. The molecule has 1 aliphatic heterocycles. The van der Waals surface area contributed by atoms with Gasteiger partial charge in [0.25, 0.3) is 0 Å². The second kappa shape index (κ2) is 7.07. The first-order valence-corrected chi connectivity index (χ1v) is 8.29. The second-order valence-corrected chi connectivity index (χ2v) is 6.53. The van der Waals surface area contributed by atoms with Gasteiger partial charge in [-0.15, -0.1) is 0 Å². The van der Waals surface area contributed by atoms with Gasteiger partial charge in [0, 0.05) is 32.4 Å². The van der Waals surface area contributed by atoms with Gasteiger partial charge in [0.2, 0.25) is 0 Å². The summed E-state index contributed by atoms with van der Waals surface area (Å²) in [6, 6.07) is 7.36. The molecule has 0 aliphatic carbocycles. The predicted octanol–water partition coefficient (Wildman–Crippen LogP) is 5.02. The van der Waals surface area contributed by atoms with Crippen LogP contribution in [0.25, 0.3) is 0 Å². The van der Waals surface area contributed by atoms with Gasteiger partial charge >= 0.3 is 12.4 Å². The van der Waals surface area contributed by atoms with Crippen LogP contribution in [0.5, 0.6) is 0 Å². The number of hydrogen-bond acceptors (Lipinski definition) is 1. The Hall–Kier alpha value is -2.22. The van der Waals surface area contributed by atoms with Crippen molar-refractivity contribution < 1.29 is 26.3 Å². The van der Waals surface area contributed by atoms with Crippen LogP contribution >= 0.6 is 0 Å². The molecule has 0 aromatic heterocycles. The molecule has 0 saturated carbocycles. The highest BCUT2D eigenvalue weighted by molar-refractivity contribution is 5.52. The van der Waals surface area contributed by atoms with E-state index < -0.39 is 23.5 Å². The predicted molar refractivity (Wildman–Crippen MR) is 89.4 cm³/mol. The van der Waals surface area contributed by atoms with Crippen LogP contribution in [-0.4, -0.2) is 13.6 Å². The molecule has 0 saturated heterocycles. The van der Waals surface area contributed by atoms with Gasteiger partial charge in [-0.2, -0.15) is 26.3 Å². The SMILES string of the molecule is CN(Cc1ccc(C(F)(F)F)cc1C(F)(F)F)c1ccc2c(c1)C[N]CC2. The number of fused-ring (bicyclic) bond motifs is 1. The molecule has 145 valence electrons. The third kappa shape index (κ3) is 4.37. The van der Waals surface area contributed by atoms with Crippen molar-refractivity contribution in [2.45, 2.75) is 31.9 Å². The summed E-state index contributed by atoms with van der Waals surface area (Å²) in [7, 11) is 1.61. The number of benzene rings is 2. The average molecular weight is 387 g/mol. The molecule has 2 aromatic carbocycles. The third-order valence-electron chi connectivity index (χ3n) is 4.60. The largest absolute Gasteiger partial charge is 0.416 e. The zero-order chi connectivity index (χ0) is 19.8. The van der Waals surface area contributed by atoms with Crippen molar-refractivity contribution in [3.63, 3.8) is 0 Å². The van der Waals surface area contributed by atoms with Crippen LogP contribution in [0, 0.1) is 0 Å². The first-order valence-electron chi connectivity index (χ1n) is 8.29. The lowest BCUT2D eigenvalue weighted by molar-refractivity contribution is -0.143. The van der Waals surface area contributed by atoms with Crippen molar-refractivity contribution in [1.29, 1.82) is 0 Å². The maximum atomic E-state index is 13.3. The minimum absolute atomic E-state index is 0.164. The number of hydrogen-bond donors (Lipinski definition) is 0. The molecule has 1 aliphatic rings. The van der Waals surface area contributed by atoms with Gasteiger partial charge < -0.3 is 4.90 Å². The number of anilines is 1. The molecular formula is C19H17F6N2. The molecule has 27 heavy (non-hydrogen) atoms. The van der Waals surface area contributed by atoms with Crippen molar-refractivity contribution in [2.24, 2.45) is 0 Å².